The molecule has 4 rings (SSSR count). The minimum absolute atomic E-state index is 0.0427. The fourth-order valence-corrected chi connectivity index (χ4v) is 7.12. The number of anilines is 1. The Kier molecular flexibility index (Phi) is 5.46. The molecule has 4 nitrogen and oxygen atoms in total. The first-order valence-corrected chi connectivity index (χ1v) is 12.3. The monoisotopic (exact) mass is 574 g/mol. The Morgan fingerprint density at radius 3 is 2.82 bits per heavy atom. The molecule has 0 unspecified atom stereocenters. The van der Waals surface area contributed by atoms with Crippen molar-refractivity contribution in [3.63, 3.8) is 0 Å². The van der Waals surface area contributed by atoms with E-state index in [0.29, 0.717) is 16.9 Å². The summed E-state index contributed by atoms with van der Waals surface area (Å²) in [7, 11) is 0. The lowest BCUT2D eigenvalue weighted by molar-refractivity contribution is 0.0934. The fraction of sp³-hybridized carbons (Fsp3) is 0.476. The molecule has 3 N–H and O–H groups in total. The van der Waals surface area contributed by atoms with Gasteiger partial charge in [0.25, 0.3) is 5.91 Å². The molecule has 1 aromatic heterocycles. The number of nitrogens with one attached hydrogen (secondary N) is 2. The Labute approximate surface area is 191 Å². The number of amides is 1. The van der Waals surface area contributed by atoms with Gasteiger partial charge in [-0.05, 0) is 70.9 Å². The van der Waals surface area contributed by atoms with Crippen molar-refractivity contribution in [2.75, 3.05) is 5.32 Å². The standard InChI is InChI=1S/C21H24BrIN2O2S/c1-4-21(2,3)10-5-6-12-15(7-10)28-20-16(12)19(27)24-18(25-20)13-8-11(22)9-14(23)17(13)26/h8-10,18,25-26H,4-7H2,1-3H3,(H,24,27)/t10-,18-/m0/s1. The highest BCUT2D eigenvalue weighted by atomic mass is 127. The molecular formula is C21H24BrIN2O2S. The largest absolute Gasteiger partial charge is 0.506 e. The van der Waals surface area contributed by atoms with Crippen LogP contribution in [0.5, 0.6) is 5.75 Å². The van der Waals surface area contributed by atoms with E-state index in [-0.39, 0.29) is 11.7 Å². The normalized spacial score (nSPS) is 21.5. The van der Waals surface area contributed by atoms with Gasteiger partial charge in [-0.1, -0.05) is 43.1 Å². The number of hydrogen-bond acceptors (Lipinski definition) is 4. The molecule has 0 spiro atoms. The molecule has 2 aromatic rings. The molecule has 0 saturated carbocycles. The summed E-state index contributed by atoms with van der Waals surface area (Å²) in [6, 6.07) is 3.71. The average molecular weight is 575 g/mol. The van der Waals surface area contributed by atoms with E-state index < -0.39 is 6.17 Å². The van der Waals surface area contributed by atoms with E-state index in [1.807, 2.05) is 12.1 Å². The second kappa shape index (κ2) is 7.47. The quantitative estimate of drug-likeness (QED) is 0.382. The van der Waals surface area contributed by atoms with Crippen LogP contribution in [0.15, 0.2) is 16.6 Å². The molecule has 2 heterocycles. The van der Waals surface area contributed by atoms with Gasteiger partial charge in [-0.3, -0.25) is 4.79 Å². The van der Waals surface area contributed by atoms with E-state index in [4.69, 9.17) is 0 Å². The van der Waals surface area contributed by atoms with Gasteiger partial charge in [0.2, 0.25) is 0 Å². The first kappa shape index (κ1) is 20.5. The third-order valence-electron chi connectivity index (χ3n) is 6.43. The molecule has 7 heteroatoms. The smallest absolute Gasteiger partial charge is 0.256 e. The first-order valence-electron chi connectivity index (χ1n) is 9.61. The minimum atomic E-state index is -0.436. The maximum absolute atomic E-state index is 13.0. The molecule has 150 valence electrons. The van der Waals surface area contributed by atoms with E-state index in [1.54, 1.807) is 11.3 Å². The number of phenols is 1. The summed E-state index contributed by atoms with van der Waals surface area (Å²) in [5.41, 5.74) is 3.03. The number of fused-ring (bicyclic) bond motifs is 3. The summed E-state index contributed by atoms with van der Waals surface area (Å²) >= 11 is 7.30. The third kappa shape index (κ3) is 3.47. The van der Waals surface area contributed by atoms with E-state index in [0.717, 1.165) is 37.9 Å². The summed E-state index contributed by atoms with van der Waals surface area (Å²) in [5, 5.41) is 18.0. The predicted octanol–water partition coefficient (Wildman–Crippen LogP) is 6.22. The summed E-state index contributed by atoms with van der Waals surface area (Å²) in [5.74, 6) is 0.814. The molecule has 0 bridgehead atoms. The average Bonchev–Trinajstić information content (AvgIpc) is 3.02. The summed E-state index contributed by atoms with van der Waals surface area (Å²) < 4.78 is 1.63. The third-order valence-corrected chi connectivity index (χ3v) is 8.89. The van der Waals surface area contributed by atoms with Gasteiger partial charge in [0.1, 0.15) is 16.9 Å². The lowest BCUT2D eigenvalue weighted by atomic mass is 9.69. The Morgan fingerprint density at radius 2 is 2.11 bits per heavy atom. The highest BCUT2D eigenvalue weighted by Crippen LogP contribution is 2.47. The minimum Gasteiger partial charge on any atom is -0.506 e. The van der Waals surface area contributed by atoms with Gasteiger partial charge in [0, 0.05) is 14.9 Å². The van der Waals surface area contributed by atoms with Gasteiger partial charge in [-0.25, -0.2) is 0 Å². The second-order valence-electron chi connectivity index (χ2n) is 8.37. The molecule has 0 saturated heterocycles. The van der Waals surface area contributed by atoms with Crippen molar-refractivity contribution in [2.45, 2.75) is 52.6 Å². The van der Waals surface area contributed by atoms with Crippen LogP contribution in [0.3, 0.4) is 0 Å². The Morgan fingerprint density at radius 1 is 1.36 bits per heavy atom. The highest BCUT2D eigenvalue weighted by Gasteiger charge is 2.37. The van der Waals surface area contributed by atoms with Crippen molar-refractivity contribution in [3.05, 3.63) is 41.7 Å². The highest BCUT2D eigenvalue weighted by molar-refractivity contribution is 14.1. The van der Waals surface area contributed by atoms with E-state index in [2.05, 4.69) is 69.9 Å². The van der Waals surface area contributed by atoms with Crippen LogP contribution in [0.4, 0.5) is 5.00 Å². The summed E-state index contributed by atoms with van der Waals surface area (Å²) in [6.45, 7) is 6.98. The zero-order valence-electron chi connectivity index (χ0n) is 16.2. The van der Waals surface area contributed by atoms with Crippen LogP contribution in [-0.4, -0.2) is 11.0 Å². The van der Waals surface area contributed by atoms with Gasteiger partial charge < -0.3 is 15.7 Å². The van der Waals surface area contributed by atoms with Crippen molar-refractivity contribution < 1.29 is 9.90 Å². The van der Waals surface area contributed by atoms with Crippen LogP contribution in [0, 0.1) is 14.9 Å². The molecule has 1 aliphatic carbocycles. The molecule has 0 radical (unpaired) electrons. The van der Waals surface area contributed by atoms with Crippen molar-refractivity contribution in [2.24, 2.45) is 11.3 Å². The number of carbonyl (C=O) groups excluding carboxylic acids is 1. The maximum Gasteiger partial charge on any atom is 0.256 e. The zero-order chi connectivity index (χ0) is 20.2. The van der Waals surface area contributed by atoms with Crippen molar-refractivity contribution in [1.82, 2.24) is 5.32 Å². The van der Waals surface area contributed by atoms with Gasteiger partial charge >= 0.3 is 0 Å². The number of benzene rings is 1. The van der Waals surface area contributed by atoms with Crippen molar-refractivity contribution >= 4 is 60.8 Å². The van der Waals surface area contributed by atoms with Crippen molar-refractivity contribution in [1.29, 1.82) is 0 Å². The van der Waals surface area contributed by atoms with Crippen LogP contribution >= 0.6 is 49.9 Å². The second-order valence-corrected chi connectivity index (χ2v) is 11.5. The number of thiophene rings is 1. The zero-order valence-corrected chi connectivity index (χ0v) is 20.7. The topological polar surface area (TPSA) is 61.4 Å². The number of hydrogen-bond donors (Lipinski definition) is 3. The van der Waals surface area contributed by atoms with E-state index in [9.17, 15) is 9.90 Å². The fourth-order valence-electron chi connectivity index (χ4n) is 4.22. The molecule has 2 aliphatic rings. The van der Waals surface area contributed by atoms with Gasteiger partial charge in [0.15, 0.2) is 0 Å². The maximum atomic E-state index is 13.0. The summed E-state index contributed by atoms with van der Waals surface area (Å²) in [6.07, 6.45) is 3.88. The van der Waals surface area contributed by atoms with Crippen LogP contribution in [-0.2, 0) is 12.8 Å². The molecule has 1 aliphatic heterocycles. The van der Waals surface area contributed by atoms with E-state index >= 15 is 0 Å². The van der Waals surface area contributed by atoms with Gasteiger partial charge in [-0.15, -0.1) is 11.3 Å². The van der Waals surface area contributed by atoms with Crippen LogP contribution in [0.25, 0.3) is 0 Å². The molecule has 1 aromatic carbocycles. The number of halogens is 2. The van der Waals surface area contributed by atoms with E-state index in [1.165, 1.54) is 16.9 Å². The lowest BCUT2D eigenvalue weighted by Gasteiger charge is -2.36. The number of rotatable bonds is 3. The predicted molar refractivity (Wildman–Crippen MR) is 126 cm³/mol. The van der Waals surface area contributed by atoms with Gasteiger partial charge in [-0.2, -0.15) is 0 Å². The SMILES string of the molecule is CCC(C)(C)[C@H]1CCc2c(sc3c2C(=O)N[C@H](c2cc(Br)cc(I)c2O)N3)C1. The number of carbonyl (C=O) groups is 1. The summed E-state index contributed by atoms with van der Waals surface area (Å²) in [4.78, 5) is 14.3. The van der Waals surface area contributed by atoms with Crippen LogP contribution in [0.1, 0.15) is 66.1 Å². The number of phenolic OH excluding ortho intramolecular Hbond substituents is 1. The molecular weight excluding hydrogens is 551 g/mol. The Balaban J connectivity index is 1.67. The Hall–Kier alpha value is -0.800. The van der Waals surface area contributed by atoms with Crippen molar-refractivity contribution in [3.8, 4) is 5.75 Å². The lowest BCUT2D eigenvalue weighted by Crippen LogP contribution is -2.38. The molecule has 2 atom stereocenters. The molecule has 28 heavy (non-hydrogen) atoms. The molecule has 1 amide bonds. The van der Waals surface area contributed by atoms with Gasteiger partial charge in [0.05, 0.1) is 9.13 Å². The Bertz CT molecular complexity index is 956. The van der Waals surface area contributed by atoms with Crippen LogP contribution in [0.2, 0.25) is 0 Å². The number of aromatic hydroxyl groups is 1. The van der Waals surface area contributed by atoms with Crippen LogP contribution < -0.4 is 10.6 Å². The first-order chi connectivity index (χ1) is 13.2. The molecule has 0 fully saturated rings.